The number of amides is 1. The maximum Gasteiger partial charge on any atom is 0.266 e. The largest absolute Gasteiger partial charge is 0.287 e. The van der Waals surface area contributed by atoms with Gasteiger partial charge in [-0.3, -0.25) is 14.7 Å². The quantitative estimate of drug-likeness (QED) is 0.756. The monoisotopic (exact) mass is 361 g/mol. The third-order valence-corrected chi connectivity index (χ3v) is 4.64. The first-order chi connectivity index (χ1) is 11.6. The lowest BCUT2D eigenvalue weighted by Gasteiger charge is -2.12. The predicted molar refractivity (Wildman–Crippen MR) is 95.7 cm³/mol. The van der Waals surface area contributed by atoms with E-state index in [0.717, 1.165) is 5.56 Å². The van der Waals surface area contributed by atoms with Crippen LogP contribution in [0.5, 0.6) is 0 Å². The van der Waals surface area contributed by atoms with Crippen LogP contribution in [0.15, 0.2) is 52.6 Å². The summed E-state index contributed by atoms with van der Waals surface area (Å²) >= 11 is 7.35. The summed E-state index contributed by atoms with van der Waals surface area (Å²) in [5.74, 6) is -0.442. The van der Waals surface area contributed by atoms with Crippen molar-refractivity contribution in [2.45, 2.75) is 6.92 Å². The van der Waals surface area contributed by atoms with E-state index in [4.69, 9.17) is 11.6 Å². The van der Waals surface area contributed by atoms with Crippen molar-refractivity contribution in [2.75, 3.05) is 6.54 Å². The van der Waals surface area contributed by atoms with Crippen LogP contribution < -0.4 is 0 Å². The van der Waals surface area contributed by atoms with Gasteiger partial charge in [0.2, 0.25) is 0 Å². The van der Waals surface area contributed by atoms with Gasteiger partial charge in [0.15, 0.2) is 5.17 Å². The Morgan fingerprint density at radius 3 is 2.75 bits per heavy atom. The SMILES string of the molecule is CCN1C(=O)/C(=C/c2ccc(F)cc2)SC1=Nc1ccncc1Cl. The molecule has 1 amide bonds. The summed E-state index contributed by atoms with van der Waals surface area (Å²) in [6.07, 6.45) is 4.83. The number of carbonyl (C=O) groups is 1. The van der Waals surface area contributed by atoms with Crippen LogP contribution in [0.2, 0.25) is 5.02 Å². The lowest BCUT2D eigenvalue weighted by atomic mass is 10.2. The smallest absolute Gasteiger partial charge is 0.266 e. The molecule has 4 nitrogen and oxygen atoms in total. The number of hydrogen-bond acceptors (Lipinski definition) is 4. The number of likely N-dealkylation sites (N-methyl/N-ethyl adjacent to an activating group) is 1. The topological polar surface area (TPSA) is 45.6 Å². The van der Waals surface area contributed by atoms with E-state index in [-0.39, 0.29) is 11.7 Å². The second kappa shape index (κ2) is 7.15. The van der Waals surface area contributed by atoms with Crippen molar-refractivity contribution >= 4 is 46.2 Å². The fourth-order valence-corrected chi connectivity index (χ4v) is 3.36. The molecule has 1 aromatic carbocycles. The number of amidine groups is 1. The normalized spacial score (nSPS) is 18.0. The molecule has 2 heterocycles. The minimum absolute atomic E-state index is 0.129. The Hall–Kier alpha value is -2.18. The predicted octanol–water partition coefficient (Wildman–Crippen LogP) is 4.50. The van der Waals surface area contributed by atoms with Gasteiger partial charge in [0, 0.05) is 18.9 Å². The summed E-state index contributed by atoms with van der Waals surface area (Å²) in [5.41, 5.74) is 1.31. The van der Waals surface area contributed by atoms with Gasteiger partial charge in [-0.1, -0.05) is 23.7 Å². The highest BCUT2D eigenvalue weighted by Gasteiger charge is 2.32. The molecule has 2 aromatic rings. The van der Waals surface area contributed by atoms with E-state index in [1.165, 1.54) is 30.1 Å². The van der Waals surface area contributed by atoms with Crippen molar-refractivity contribution in [1.82, 2.24) is 9.88 Å². The van der Waals surface area contributed by atoms with Crippen LogP contribution in [0.4, 0.5) is 10.1 Å². The van der Waals surface area contributed by atoms with Crippen molar-refractivity contribution in [3.05, 3.63) is 64.0 Å². The number of thioether (sulfide) groups is 1. The molecule has 3 rings (SSSR count). The zero-order valence-corrected chi connectivity index (χ0v) is 14.3. The highest BCUT2D eigenvalue weighted by molar-refractivity contribution is 8.18. The van der Waals surface area contributed by atoms with Crippen molar-refractivity contribution in [3.63, 3.8) is 0 Å². The summed E-state index contributed by atoms with van der Waals surface area (Å²) in [4.78, 5) is 23.0. The number of aromatic nitrogens is 1. The molecule has 1 aliphatic heterocycles. The molecule has 0 bridgehead atoms. The van der Waals surface area contributed by atoms with Crippen molar-refractivity contribution in [2.24, 2.45) is 4.99 Å². The van der Waals surface area contributed by atoms with Gasteiger partial charge in [0.25, 0.3) is 5.91 Å². The molecule has 1 aromatic heterocycles. The molecule has 1 aliphatic rings. The number of hydrogen-bond donors (Lipinski definition) is 0. The molecule has 0 radical (unpaired) electrons. The Balaban J connectivity index is 1.94. The maximum absolute atomic E-state index is 13.0. The number of benzene rings is 1. The average molecular weight is 362 g/mol. The lowest BCUT2D eigenvalue weighted by Crippen LogP contribution is -2.28. The molecule has 122 valence electrons. The summed E-state index contributed by atoms with van der Waals surface area (Å²) in [6, 6.07) is 7.66. The molecule has 24 heavy (non-hydrogen) atoms. The van der Waals surface area contributed by atoms with Crippen LogP contribution in [-0.2, 0) is 4.79 Å². The molecule has 1 fully saturated rings. The fourth-order valence-electron chi connectivity index (χ4n) is 2.14. The highest BCUT2D eigenvalue weighted by atomic mass is 35.5. The molecule has 0 spiro atoms. The van der Waals surface area contributed by atoms with Crippen LogP contribution in [-0.4, -0.2) is 27.5 Å². The van der Waals surface area contributed by atoms with E-state index in [0.29, 0.717) is 27.3 Å². The second-order valence-electron chi connectivity index (χ2n) is 4.93. The minimum atomic E-state index is -0.313. The van der Waals surface area contributed by atoms with Gasteiger partial charge in [0.05, 0.1) is 15.6 Å². The van der Waals surface area contributed by atoms with Crippen LogP contribution in [0.25, 0.3) is 6.08 Å². The Morgan fingerprint density at radius 2 is 2.08 bits per heavy atom. The van der Waals surface area contributed by atoms with Crippen LogP contribution >= 0.6 is 23.4 Å². The molecule has 0 aliphatic carbocycles. The van der Waals surface area contributed by atoms with Gasteiger partial charge in [-0.2, -0.15) is 0 Å². The van der Waals surface area contributed by atoms with Gasteiger partial charge in [0.1, 0.15) is 5.82 Å². The average Bonchev–Trinajstić information content (AvgIpc) is 2.87. The third-order valence-electron chi connectivity index (χ3n) is 3.34. The molecule has 0 unspecified atom stereocenters. The molecule has 1 saturated heterocycles. The summed E-state index contributed by atoms with van der Waals surface area (Å²) in [6.45, 7) is 2.37. The first kappa shape index (κ1) is 16.7. The van der Waals surface area contributed by atoms with Crippen molar-refractivity contribution < 1.29 is 9.18 Å². The summed E-state index contributed by atoms with van der Waals surface area (Å²) in [7, 11) is 0. The van der Waals surface area contributed by atoms with E-state index in [9.17, 15) is 9.18 Å². The second-order valence-corrected chi connectivity index (χ2v) is 6.35. The van der Waals surface area contributed by atoms with Gasteiger partial charge < -0.3 is 0 Å². The fraction of sp³-hybridized carbons (Fsp3) is 0.118. The van der Waals surface area contributed by atoms with E-state index in [1.807, 2.05) is 6.92 Å². The van der Waals surface area contributed by atoms with Crippen LogP contribution in [0.1, 0.15) is 12.5 Å². The zero-order chi connectivity index (χ0) is 17.1. The lowest BCUT2D eigenvalue weighted by molar-refractivity contribution is -0.122. The summed E-state index contributed by atoms with van der Waals surface area (Å²) in [5, 5.41) is 0.981. The Kier molecular flexibility index (Phi) is 4.97. The van der Waals surface area contributed by atoms with Gasteiger partial charge in [-0.05, 0) is 48.5 Å². The molecule has 0 atom stereocenters. The van der Waals surface area contributed by atoms with E-state index in [1.54, 1.807) is 35.4 Å². The Bertz CT molecular complexity index is 836. The Labute approximate surface area is 148 Å². The number of carbonyl (C=O) groups excluding carboxylic acids is 1. The first-order valence-corrected chi connectivity index (χ1v) is 8.43. The number of nitrogens with zero attached hydrogens (tertiary/aromatic N) is 3. The maximum atomic E-state index is 13.0. The minimum Gasteiger partial charge on any atom is -0.287 e. The first-order valence-electron chi connectivity index (χ1n) is 7.23. The van der Waals surface area contributed by atoms with E-state index in [2.05, 4.69) is 9.98 Å². The van der Waals surface area contributed by atoms with Crippen molar-refractivity contribution in [1.29, 1.82) is 0 Å². The summed E-state index contributed by atoms with van der Waals surface area (Å²) < 4.78 is 13.0. The van der Waals surface area contributed by atoms with Gasteiger partial charge in [-0.25, -0.2) is 9.38 Å². The number of aliphatic imine (C=N–C) groups is 1. The molecule has 0 N–H and O–H groups in total. The standard InChI is InChI=1S/C17H13ClFN3OS/c1-2-22-16(23)15(9-11-3-5-12(19)6-4-11)24-17(22)21-14-7-8-20-10-13(14)18/h3-10H,2H2,1H3/b15-9-,21-17?. The molecule has 0 saturated carbocycles. The molecular formula is C17H13ClFN3OS. The van der Waals surface area contributed by atoms with Crippen LogP contribution in [0, 0.1) is 5.82 Å². The number of rotatable bonds is 3. The number of pyridine rings is 1. The molecular weight excluding hydrogens is 349 g/mol. The van der Waals surface area contributed by atoms with Crippen molar-refractivity contribution in [3.8, 4) is 0 Å². The zero-order valence-electron chi connectivity index (χ0n) is 12.7. The Morgan fingerprint density at radius 1 is 1.33 bits per heavy atom. The van der Waals surface area contributed by atoms with Crippen LogP contribution in [0.3, 0.4) is 0 Å². The third kappa shape index (κ3) is 3.49. The highest BCUT2D eigenvalue weighted by Crippen LogP contribution is 2.35. The van der Waals surface area contributed by atoms with E-state index >= 15 is 0 Å². The molecule has 7 heteroatoms. The number of halogens is 2. The van der Waals surface area contributed by atoms with Gasteiger partial charge >= 0.3 is 0 Å². The van der Waals surface area contributed by atoms with Gasteiger partial charge in [-0.15, -0.1) is 0 Å². The van der Waals surface area contributed by atoms with E-state index < -0.39 is 0 Å².